The Kier molecular flexibility index (Phi) is 35.6. The molecule has 0 aliphatic heterocycles. The summed E-state index contributed by atoms with van der Waals surface area (Å²) in [6.07, 6.45) is -2.33. The fraction of sp³-hybridized carbons (Fsp3) is 0. The summed E-state index contributed by atoms with van der Waals surface area (Å²) in [4.78, 5) is 32.6. The van der Waals surface area contributed by atoms with E-state index in [1.807, 2.05) is 0 Å². The molecule has 0 heterocycles. The second kappa shape index (κ2) is 14.6. The van der Waals surface area contributed by atoms with Crippen LogP contribution >= 0.6 is 7.82 Å². The quantitative estimate of drug-likeness (QED) is 0.318. The van der Waals surface area contributed by atoms with Crippen molar-refractivity contribution in [3.8, 4) is 0 Å². The van der Waals surface area contributed by atoms with Crippen LogP contribution in [0, 0.1) is 0 Å². The van der Waals surface area contributed by atoms with Crippen molar-refractivity contribution in [2.75, 3.05) is 0 Å². The summed E-state index contributed by atoms with van der Waals surface area (Å²) in [5, 5.41) is 16.7. The van der Waals surface area contributed by atoms with E-state index in [-0.39, 0.29) is 54.8 Å². The monoisotopic (exact) mass is 226 g/mol. The summed E-state index contributed by atoms with van der Waals surface area (Å²) in [5.74, 6) is 0. The zero-order valence-electron chi connectivity index (χ0n) is 6.20. The van der Waals surface area contributed by atoms with Gasteiger partial charge in [-0.2, -0.15) is 0 Å². The Morgan fingerprint density at radius 1 is 1.17 bits per heavy atom. The van der Waals surface area contributed by atoms with Crippen LogP contribution in [-0.2, 0) is 21.6 Å². The van der Waals surface area contributed by atoms with E-state index in [1.54, 1.807) is 0 Å². The van der Waals surface area contributed by atoms with Crippen LogP contribution in [0.2, 0.25) is 0 Å². The van der Waals surface area contributed by atoms with Crippen LogP contribution in [0.5, 0.6) is 0 Å². The van der Waals surface area contributed by atoms with Gasteiger partial charge in [0.15, 0.2) is 0 Å². The summed E-state index contributed by atoms with van der Waals surface area (Å²) < 4.78 is 8.66. The minimum Gasteiger partial charge on any atom is -0.790 e. The molecule has 0 radical (unpaired) electrons. The molecule has 12 heavy (non-hydrogen) atoms. The predicted molar refractivity (Wildman–Crippen MR) is 15.2 cm³/mol. The third kappa shape index (κ3) is 944. The number of carboxylic acid groups (broad SMARTS) is 2. The van der Waals surface area contributed by atoms with Gasteiger partial charge >= 0.3 is 54.8 Å². The summed E-state index contributed by atoms with van der Waals surface area (Å²) >= 11 is 0. The molecule has 0 rings (SSSR count). The summed E-state index contributed by atoms with van der Waals surface area (Å²) in [6.45, 7) is 0. The van der Waals surface area contributed by atoms with E-state index in [0.717, 1.165) is 0 Å². The zero-order valence-corrected chi connectivity index (χ0v) is 8.20. The second-order valence-corrected chi connectivity index (χ2v) is 1.66. The van der Waals surface area contributed by atoms with E-state index in [0.29, 0.717) is 0 Å². The largest absolute Gasteiger partial charge is 2.00 e. The van der Waals surface area contributed by atoms with Gasteiger partial charge in [0.05, 0.1) is 7.82 Å². The normalized spacial score (nSPS) is 6.92. The molecule has 0 bridgehead atoms. The maximum atomic E-state index is 8.66. The molecule has 0 saturated carbocycles. The van der Waals surface area contributed by atoms with Crippen molar-refractivity contribution in [2.24, 2.45) is 0 Å². The number of hydrogen-bond donors (Lipinski definition) is 1. The maximum absolute atomic E-state index is 8.66. The SMILES string of the molecule is O=C([O-])[O-].O=P([O-])([O-])O.[Fe+2].[Li+].[Li+]. The molecule has 11 heteroatoms. The van der Waals surface area contributed by atoms with E-state index in [2.05, 4.69) is 0 Å². The first-order chi connectivity index (χ1) is 3.73. The van der Waals surface area contributed by atoms with Crippen molar-refractivity contribution in [2.45, 2.75) is 0 Å². The van der Waals surface area contributed by atoms with Gasteiger partial charge in [0.1, 0.15) is 0 Å². The van der Waals surface area contributed by atoms with Crippen LogP contribution in [-0.4, -0.2) is 11.0 Å². The Balaban J connectivity index is -0.0000000221. The van der Waals surface area contributed by atoms with Crippen molar-refractivity contribution in [3.05, 3.63) is 0 Å². The van der Waals surface area contributed by atoms with Gasteiger partial charge in [-0.3, -0.25) is 0 Å². The Morgan fingerprint density at radius 2 is 1.17 bits per heavy atom. The number of carbonyl (C=O) groups is 1. The van der Waals surface area contributed by atoms with E-state index >= 15 is 0 Å². The van der Waals surface area contributed by atoms with Crippen molar-refractivity contribution < 1.29 is 89.0 Å². The Labute approximate surface area is 103 Å². The topological polar surface area (TPSA) is 147 Å². The molecule has 0 atom stereocenters. The second-order valence-electron chi connectivity index (χ2n) is 0.719. The molecular formula is CHFeLi2O7P. The van der Waals surface area contributed by atoms with Crippen molar-refractivity contribution in [1.82, 2.24) is 0 Å². The van der Waals surface area contributed by atoms with Gasteiger partial charge in [-0.05, 0) is 6.16 Å². The molecule has 0 fully saturated rings. The van der Waals surface area contributed by atoms with Crippen LogP contribution in [0.15, 0.2) is 0 Å². The van der Waals surface area contributed by atoms with E-state index in [4.69, 9.17) is 34.3 Å². The molecule has 0 amide bonds. The molecule has 0 spiro atoms. The van der Waals surface area contributed by atoms with Crippen LogP contribution in [0.1, 0.15) is 0 Å². The Morgan fingerprint density at radius 3 is 1.17 bits per heavy atom. The first kappa shape index (κ1) is 29.2. The maximum Gasteiger partial charge on any atom is 2.00 e. The Bertz CT molecular complexity index is 121. The van der Waals surface area contributed by atoms with Gasteiger partial charge in [0, 0.05) is 0 Å². The fourth-order valence-corrected chi connectivity index (χ4v) is 0. The fourth-order valence-electron chi connectivity index (χ4n) is 0. The van der Waals surface area contributed by atoms with E-state index in [9.17, 15) is 0 Å². The molecule has 62 valence electrons. The molecule has 7 nitrogen and oxygen atoms in total. The van der Waals surface area contributed by atoms with Gasteiger partial charge in [-0.15, -0.1) is 0 Å². The summed E-state index contributed by atoms with van der Waals surface area (Å²) in [7, 11) is -5.14. The molecule has 0 aromatic rings. The average molecular weight is 226 g/mol. The molecule has 0 unspecified atom stereocenters. The smallest absolute Gasteiger partial charge is 0.790 e. The third-order valence-electron chi connectivity index (χ3n) is 0. The van der Waals surface area contributed by atoms with Gasteiger partial charge < -0.3 is 34.3 Å². The molecule has 0 saturated heterocycles. The third-order valence-corrected chi connectivity index (χ3v) is 0. The Hall–Kier alpha value is 1.09. The number of phosphoric acid groups is 1. The van der Waals surface area contributed by atoms with Crippen LogP contribution in [0.3, 0.4) is 0 Å². The van der Waals surface area contributed by atoms with Gasteiger partial charge in [0.25, 0.3) is 0 Å². The number of carbonyl (C=O) groups excluding carboxylic acids is 1. The number of hydrogen-bond acceptors (Lipinski definition) is 6. The van der Waals surface area contributed by atoms with E-state index in [1.165, 1.54) is 0 Å². The standard InChI is InChI=1S/CH2O3.Fe.2Li.H3O4P/c2-1(3)4;;;;1-5(2,3)4/h(H2,2,3,4);;;;(H3,1,2,3,4)/q;+2;2*+1;/p-4. The first-order valence-electron chi connectivity index (χ1n) is 1.36. The average Bonchev–Trinajstić information content (AvgIpc) is 1.19. The minimum atomic E-state index is -5.14. The molecule has 0 aromatic heterocycles. The van der Waals surface area contributed by atoms with Crippen molar-refractivity contribution in [3.63, 3.8) is 0 Å². The molecule has 0 aliphatic rings. The van der Waals surface area contributed by atoms with Crippen LogP contribution in [0.25, 0.3) is 0 Å². The van der Waals surface area contributed by atoms with E-state index < -0.39 is 14.0 Å². The van der Waals surface area contributed by atoms with Gasteiger partial charge in [-0.1, -0.05) is 0 Å². The van der Waals surface area contributed by atoms with Crippen LogP contribution in [0.4, 0.5) is 4.79 Å². The first-order valence-corrected chi connectivity index (χ1v) is 2.86. The summed E-state index contributed by atoms with van der Waals surface area (Å²) in [5.41, 5.74) is 0. The summed E-state index contributed by atoms with van der Waals surface area (Å²) in [6, 6.07) is 0. The van der Waals surface area contributed by atoms with Crippen molar-refractivity contribution in [1.29, 1.82) is 0 Å². The van der Waals surface area contributed by atoms with Gasteiger partial charge in [-0.25, -0.2) is 0 Å². The number of rotatable bonds is 0. The zero-order chi connectivity index (χ0) is 8.08. The predicted octanol–water partition coefficient (Wildman–Crippen LogP) is -10.6. The molecule has 0 aliphatic carbocycles. The van der Waals surface area contributed by atoms with Gasteiger partial charge in [0.2, 0.25) is 0 Å². The van der Waals surface area contributed by atoms with Crippen LogP contribution < -0.4 is 57.7 Å². The van der Waals surface area contributed by atoms with Crippen molar-refractivity contribution >= 4 is 14.0 Å². The molecular weight excluding hydrogens is 225 g/mol. The molecule has 1 N–H and O–H groups in total. The minimum absolute atomic E-state index is 0. The molecule has 0 aromatic carbocycles.